The van der Waals surface area contributed by atoms with Gasteiger partial charge in [0.1, 0.15) is 11.5 Å². The molecule has 3 heteroatoms. The number of rotatable bonds is 5. The van der Waals surface area contributed by atoms with Gasteiger partial charge in [-0.3, -0.25) is 0 Å². The van der Waals surface area contributed by atoms with Gasteiger partial charge in [0.25, 0.3) is 0 Å². The van der Waals surface area contributed by atoms with Gasteiger partial charge in [0.05, 0.1) is 6.10 Å². The third kappa shape index (κ3) is 4.51. The summed E-state index contributed by atoms with van der Waals surface area (Å²) in [7, 11) is -1.29. The molecular weight excluding hydrogens is 264 g/mol. The molecule has 0 amide bonds. The fourth-order valence-electron chi connectivity index (χ4n) is 2.11. The van der Waals surface area contributed by atoms with Crippen LogP contribution in [0.5, 0.6) is 11.5 Å². The van der Waals surface area contributed by atoms with Crippen LogP contribution in [0.2, 0.25) is 25.7 Å². The summed E-state index contributed by atoms with van der Waals surface area (Å²) < 4.78 is 5.80. The van der Waals surface area contributed by atoms with Crippen molar-refractivity contribution in [1.29, 1.82) is 0 Å². The zero-order chi connectivity index (χ0) is 14.6. The van der Waals surface area contributed by atoms with Gasteiger partial charge >= 0.3 is 0 Å². The Kier molecular flexibility index (Phi) is 4.63. The molecular formula is C17H22O2Si. The molecule has 0 spiro atoms. The molecule has 0 bridgehead atoms. The van der Waals surface area contributed by atoms with Crippen molar-refractivity contribution in [2.75, 3.05) is 0 Å². The lowest BCUT2D eigenvalue weighted by molar-refractivity contribution is 0.197. The Labute approximate surface area is 122 Å². The second-order valence-electron chi connectivity index (χ2n) is 6.27. The van der Waals surface area contributed by atoms with Crippen LogP contribution in [0.1, 0.15) is 11.7 Å². The number of para-hydroxylation sites is 1. The summed E-state index contributed by atoms with van der Waals surface area (Å²) in [5.74, 6) is 1.58. The smallest absolute Gasteiger partial charge is 0.127 e. The number of ether oxygens (including phenoxy) is 1. The first-order valence-electron chi connectivity index (χ1n) is 6.95. The van der Waals surface area contributed by atoms with Crippen LogP contribution in [-0.4, -0.2) is 13.2 Å². The van der Waals surface area contributed by atoms with Gasteiger partial charge in [-0.05, 0) is 35.9 Å². The Morgan fingerprint density at radius 1 is 0.950 bits per heavy atom. The molecule has 0 saturated carbocycles. The molecule has 1 N–H and O–H groups in total. The highest BCUT2D eigenvalue weighted by molar-refractivity contribution is 6.76. The summed E-state index contributed by atoms with van der Waals surface area (Å²) in [6.45, 7) is 6.79. The Balaban J connectivity index is 2.12. The summed E-state index contributed by atoms with van der Waals surface area (Å²) in [5, 5.41) is 10.3. The van der Waals surface area contributed by atoms with Crippen LogP contribution in [-0.2, 0) is 0 Å². The maximum atomic E-state index is 10.3. The van der Waals surface area contributed by atoms with Crippen molar-refractivity contribution < 1.29 is 9.84 Å². The normalized spacial score (nSPS) is 13.0. The van der Waals surface area contributed by atoms with Gasteiger partial charge < -0.3 is 9.84 Å². The molecule has 0 saturated heterocycles. The SMILES string of the molecule is C[Si](C)(C)CC(O)c1cccc(Oc2ccccc2)c1. The fourth-order valence-corrected chi connectivity index (χ4v) is 3.50. The van der Waals surface area contributed by atoms with Crippen LogP contribution in [0.25, 0.3) is 0 Å². The zero-order valence-corrected chi connectivity index (χ0v) is 13.3. The largest absolute Gasteiger partial charge is 0.457 e. The first kappa shape index (κ1) is 14.8. The van der Waals surface area contributed by atoms with Gasteiger partial charge in [0, 0.05) is 8.07 Å². The van der Waals surface area contributed by atoms with E-state index < -0.39 is 14.2 Å². The quantitative estimate of drug-likeness (QED) is 0.796. The van der Waals surface area contributed by atoms with Crippen LogP contribution < -0.4 is 4.74 Å². The molecule has 2 aromatic carbocycles. The minimum absolute atomic E-state index is 0.402. The van der Waals surface area contributed by atoms with Crippen LogP contribution in [0.15, 0.2) is 54.6 Å². The van der Waals surface area contributed by atoms with Crippen molar-refractivity contribution in [3.8, 4) is 11.5 Å². The second-order valence-corrected chi connectivity index (χ2v) is 11.8. The standard InChI is InChI=1S/C17H22O2Si/c1-20(2,3)13-17(18)14-8-7-11-16(12-14)19-15-9-5-4-6-10-15/h4-12,17-18H,13H2,1-3H3. The van der Waals surface area contributed by atoms with Crippen LogP contribution in [0.4, 0.5) is 0 Å². The topological polar surface area (TPSA) is 29.5 Å². The summed E-state index contributed by atoms with van der Waals surface area (Å²) in [5.41, 5.74) is 0.931. The van der Waals surface area contributed by atoms with E-state index in [-0.39, 0.29) is 0 Å². The minimum atomic E-state index is -1.29. The van der Waals surface area contributed by atoms with E-state index in [9.17, 15) is 5.11 Å². The number of aliphatic hydroxyl groups is 1. The molecule has 106 valence electrons. The first-order chi connectivity index (χ1) is 9.44. The monoisotopic (exact) mass is 286 g/mol. The zero-order valence-electron chi connectivity index (χ0n) is 12.3. The van der Waals surface area contributed by atoms with Gasteiger partial charge in [-0.25, -0.2) is 0 Å². The minimum Gasteiger partial charge on any atom is -0.457 e. The molecule has 2 aromatic rings. The number of hydrogen-bond acceptors (Lipinski definition) is 2. The van der Waals surface area contributed by atoms with Gasteiger partial charge in [-0.1, -0.05) is 50.0 Å². The highest BCUT2D eigenvalue weighted by Crippen LogP contribution is 2.28. The average molecular weight is 286 g/mol. The Morgan fingerprint density at radius 3 is 2.25 bits per heavy atom. The lowest BCUT2D eigenvalue weighted by Gasteiger charge is -2.21. The van der Waals surface area contributed by atoms with E-state index in [2.05, 4.69) is 19.6 Å². The summed E-state index contributed by atoms with van der Waals surface area (Å²) in [4.78, 5) is 0. The predicted octanol–water partition coefficient (Wildman–Crippen LogP) is 4.85. The van der Waals surface area contributed by atoms with Crippen LogP contribution in [0, 0.1) is 0 Å². The van der Waals surface area contributed by atoms with E-state index in [1.54, 1.807) is 0 Å². The third-order valence-corrected chi connectivity index (χ3v) is 4.64. The van der Waals surface area contributed by atoms with E-state index in [0.29, 0.717) is 0 Å². The lowest BCUT2D eigenvalue weighted by atomic mass is 10.1. The highest BCUT2D eigenvalue weighted by Gasteiger charge is 2.20. The average Bonchev–Trinajstić information content (AvgIpc) is 2.38. The number of hydrogen-bond donors (Lipinski definition) is 1. The summed E-state index contributed by atoms with van der Waals surface area (Å²) in [6, 6.07) is 18.3. The van der Waals surface area contributed by atoms with Gasteiger partial charge in [-0.2, -0.15) is 0 Å². The third-order valence-electron chi connectivity index (χ3n) is 3.03. The van der Waals surface area contributed by atoms with E-state index in [0.717, 1.165) is 23.1 Å². The van der Waals surface area contributed by atoms with Gasteiger partial charge in [-0.15, -0.1) is 0 Å². The van der Waals surface area contributed by atoms with Crippen molar-refractivity contribution in [3.63, 3.8) is 0 Å². The molecule has 0 aliphatic carbocycles. The Morgan fingerprint density at radius 2 is 1.60 bits per heavy atom. The number of benzene rings is 2. The lowest BCUT2D eigenvalue weighted by Crippen LogP contribution is -2.22. The predicted molar refractivity (Wildman–Crippen MR) is 86.1 cm³/mol. The fraction of sp³-hybridized carbons (Fsp3) is 0.294. The molecule has 20 heavy (non-hydrogen) atoms. The highest BCUT2D eigenvalue weighted by atomic mass is 28.3. The van der Waals surface area contributed by atoms with E-state index in [1.165, 1.54) is 0 Å². The maximum absolute atomic E-state index is 10.3. The molecule has 1 atom stereocenters. The molecule has 2 rings (SSSR count). The molecule has 0 radical (unpaired) electrons. The first-order valence-corrected chi connectivity index (χ1v) is 10.7. The molecule has 0 aromatic heterocycles. The number of aliphatic hydroxyl groups excluding tert-OH is 1. The van der Waals surface area contributed by atoms with Gasteiger partial charge in [0.15, 0.2) is 0 Å². The Bertz CT molecular complexity index is 546. The van der Waals surface area contributed by atoms with Crippen LogP contribution in [0.3, 0.4) is 0 Å². The molecule has 0 aliphatic heterocycles. The maximum Gasteiger partial charge on any atom is 0.127 e. The molecule has 0 heterocycles. The molecule has 1 unspecified atom stereocenters. The van der Waals surface area contributed by atoms with E-state index in [1.807, 2.05) is 54.6 Å². The van der Waals surface area contributed by atoms with Crippen molar-refractivity contribution in [2.24, 2.45) is 0 Å². The molecule has 0 fully saturated rings. The Hall–Kier alpha value is -1.58. The van der Waals surface area contributed by atoms with Crippen LogP contribution >= 0.6 is 0 Å². The second kappa shape index (κ2) is 6.24. The van der Waals surface area contributed by atoms with Crippen molar-refractivity contribution in [3.05, 3.63) is 60.2 Å². The van der Waals surface area contributed by atoms with Crippen molar-refractivity contribution in [2.45, 2.75) is 31.8 Å². The molecule has 0 aliphatic rings. The van der Waals surface area contributed by atoms with Crippen molar-refractivity contribution >= 4 is 8.07 Å². The van der Waals surface area contributed by atoms with Gasteiger partial charge in [0.2, 0.25) is 0 Å². The van der Waals surface area contributed by atoms with Crippen molar-refractivity contribution in [1.82, 2.24) is 0 Å². The summed E-state index contributed by atoms with van der Waals surface area (Å²) >= 11 is 0. The summed E-state index contributed by atoms with van der Waals surface area (Å²) in [6.07, 6.45) is -0.402. The van der Waals surface area contributed by atoms with E-state index >= 15 is 0 Å². The molecule has 2 nitrogen and oxygen atoms in total. The van der Waals surface area contributed by atoms with E-state index in [4.69, 9.17) is 4.74 Å².